The Balaban J connectivity index is 1.68. The number of likely N-dealkylation sites (tertiary alicyclic amines) is 1. The summed E-state index contributed by atoms with van der Waals surface area (Å²) in [5.74, 6) is 0.277. The maximum Gasteiger partial charge on any atom is 0.264 e. The van der Waals surface area contributed by atoms with Gasteiger partial charge in [-0.25, -0.2) is 8.42 Å². The summed E-state index contributed by atoms with van der Waals surface area (Å²) in [6, 6.07) is 14.6. The Hall–Kier alpha value is -2.09. The number of piperidine rings is 1. The first-order chi connectivity index (χ1) is 14.4. The number of carbonyl (C=O) groups is 1. The second-order valence-corrected chi connectivity index (χ2v) is 9.99. The van der Waals surface area contributed by atoms with E-state index in [4.69, 9.17) is 11.6 Å². The topological polar surface area (TPSA) is 69.7 Å². The molecule has 2 aromatic rings. The van der Waals surface area contributed by atoms with Crippen molar-refractivity contribution in [2.24, 2.45) is 5.92 Å². The summed E-state index contributed by atoms with van der Waals surface area (Å²) in [7, 11) is -1.77. The number of carbonyl (C=O) groups excluding carboxylic acids is 1. The van der Waals surface area contributed by atoms with Crippen LogP contribution in [0.3, 0.4) is 0 Å². The summed E-state index contributed by atoms with van der Waals surface area (Å²) in [6.07, 6.45) is 3.17. The van der Waals surface area contributed by atoms with Gasteiger partial charge in [0, 0.05) is 11.6 Å². The zero-order valence-electron chi connectivity index (χ0n) is 17.1. The maximum atomic E-state index is 13.2. The molecule has 0 spiro atoms. The van der Waals surface area contributed by atoms with Crippen LogP contribution in [-0.4, -0.2) is 52.5 Å². The first-order valence-corrected chi connectivity index (χ1v) is 12.0. The third-order valence-corrected chi connectivity index (χ3v) is 7.49. The summed E-state index contributed by atoms with van der Waals surface area (Å²) < 4.78 is 27.6. The highest BCUT2D eigenvalue weighted by Gasteiger charge is 2.27. The number of anilines is 1. The number of rotatable bonds is 8. The molecule has 0 radical (unpaired) electrons. The van der Waals surface area contributed by atoms with Gasteiger partial charge in [0.2, 0.25) is 5.91 Å². The number of benzene rings is 2. The number of amides is 1. The van der Waals surface area contributed by atoms with E-state index in [0.29, 0.717) is 23.2 Å². The highest BCUT2D eigenvalue weighted by atomic mass is 35.5. The number of nitrogens with zero attached hydrogens (tertiary/aromatic N) is 2. The van der Waals surface area contributed by atoms with E-state index in [9.17, 15) is 13.2 Å². The van der Waals surface area contributed by atoms with Gasteiger partial charge in [0.15, 0.2) is 0 Å². The first kappa shape index (κ1) is 22.6. The molecule has 1 heterocycles. The molecular formula is C22H28ClN3O3S. The van der Waals surface area contributed by atoms with E-state index in [1.54, 1.807) is 42.5 Å². The number of hydrogen-bond acceptors (Lipinski definition) is 4. The van der Waals surface area contributed by atoms with E-state index in [2.05, 4.69) is 17.3 Å². The fourth-order valence-electron chi connectivity index (χ4n) is 3.59. The van der Waals surface area contributed by atoms with Gasteiger partial charge in [-0.2, -0.15) is 0 Å². The molecule has 0 saturated carbocycles. The van der Waals surface area contributed by atoms with Crippen molar-refractivity contribution >= 4 is 33.2 Å². The van der Waals surface area contributed by atoms with E-state index >= 15 is 0 Å². The molecule has 0 aliphatic carbocycles. The molecule has 3 rings (SSSR count). The average molecular weight is 450 g/mol. The van der Waals surface area contributed by atoms with Crippen molar-refractivity contribution in [1.82, 2.24) is 10.2 Å². The smallest absolute Gasteiger partial charge is 0.264 e. The van der Waals surface area contributed by atoms with Gasteiger partial charge < -0.3 is 10.2 Å². The predicted molar refractivity (Wildman–Crippen MR) is 120 cm³/mol. The molecule has 1 N–H and O–H groups in total. The van der Waals surface area contributed by atoms with Gasteiger partial charge in [0.05, 0.1) is 10.6 Å². The van der Waals surface area contributed by atoms with Gasteiger partial charge in [-0.3, -0.25) is 9.10 Å². The lowest BCUT2D eigenvalue weighted by Gasteiger charge is -2.29. The minimum atomic E-state index is -3.89. The number of hydrogen-bond donors (Lipinski definition) is 1. The molecule has 1 saturated heterocycles. The molecule has 0 bridgehead atoms. The van der Waals surface area contributed by atoms with E-state index in [0.717, 1.165) is 36.7 Å². The molecule has 6 nitrogen and oxygen atoms in total. The van der Waals surface area contributed by atoms with E-state index in [1.807, 2.05) is 0 Å². The number of halogens is 1. The minimum absolute atomic E-state index is 0.138. The van der Waals surface area contributed by atoms with Gasteiger partial charge in [0.1, 0.15) is 6.54 Å². The Bertz CT molecular complexity index is 928. The summed E-state index contributed by atoms with van der Waals surface area (Å²) in [4.78, 5) is 15.1. The Labute approximate surface area is 183 Å². The summed E-state index contributed by atoms with van der Waals surface area (Å²) in [5, 5.41) is 3.39. The quantitative estimate of drug-likeness (QED) is 0.670. The average Bonchev–Trinajstić information content (AvgIpc) is 2.75. The van der Waals surface area contributed by atoms with Crippen molar-refractivity contribution in [3.63, 3.8) is 0 Å². The Morgan fingerprint density at radius 1 is 1.10 bits per heavy atom. The van der Waals surface area contributed by atoms with Crippen LogP contribution in [0.4, 0.5) is 5.69 Å². The van der Waals surface area contributed by atoms with Gasteiger partial charge in [-0.15, -0.1) is 0 Å². The van der Waals surface area contributed by atoms with Crippen LogP contribution in [-0.2, 0) is 14.8 Å². The van der Waals surface area contributed by atoms with Crippen LogP contribution in [0.2, 0.25) is 5.02 Å². The second kappa shape index (κ2) is 10.3. The standard InChI is InChI=1S/C22H28ClN3O3S/c1-25-15-12-18(13-16-25)11-14-24-22(27)17-26(20-9-7-19(23)8-10-20)30(28,29)21-5-3-2-4-6-21/h2-10,18H,11-17H2,1H3,(H,24,27). The molecule has 30 heavy (non-hydrogen) atoms. The molecule has 0 unspecified atom stereocenters. The lowest BCUT2D eigenvalue weighted by atomic mass is 9.94. The molecule has 2 aromatic carbocycles. The third-order valence-electron chi connectivity index (χ3n) is 5.45. The molecular weight excluding hydrogens is 422 g/mol. The van der Waals surface area contributed by atoms with Gasteiger partial charge in [-0.05, 0) is 81.7 Å². The second-order valence-electron chi connectivity index (χ2n) is 7.69. The largest absolute Gasteiger partial charge is 0.355 e. The predicted octanol–water partition coefficient (Wildman–Crippen LogP) is 3.38. The van der Waals surface area contributed by atoms with Crippen LogP contribution in [0.5, 0.6) is 0 Å². The SMILES string of the molecule is CN1CCC(CCNC(=O)CN(c2ccc(Cl)cc2)S(=O)(=O)c2ccccc2)CC1. The maximum absolute atomic E-state index is 13.2. The van der Waals surface area contributed by atoms with Crippen molar-refractivity contribution in [3.8, 4) is 0 Å². The van der Waals surface area contributed by atoms with Gasteiger partial charge in [0.25, 0.3) is 10.0 Å². The lowest BCUT2D eigenvalue weighted by molar-refractivity contribution is -0.119. The molecule has 8 heteroatoms. The van der Waals surface area contributed by atoms with Crippen LogP contribution in [0.1, 0.15) is 19.3 Å². The zero-order chi connectivity index (χ0) is 21.6. The summed E-state index contributed by atoms with van der Waals surface area (Å²) in [6.45, 7) is 2.43. The molecule has 0 aromatic heterocycles. The van der Waals surface area contributed by atoms with Crippen molar-refractivity contribution in [2.45, 2.75) is 24.2 Å². The Kier molecular flexibility index (Phi) is 7.75. The summed E-state index contributed by atoms with van der Waals surface area (Å²) >= 11 is 5.95. The fourth-order valence-corrected chi connectivity index (χ4v) is 5.16. The molecule has 1 amide bonds. The van der Waals surface area contributed by atoms with E-state index < -0.39 is 10.0 Å². The minimum Gasteiger partial charge on any atom is -0.355 e. The van der Waals surface area contributed by atoms with Crippen molar-refractivity contribution in [1.29, 1.82) is 0 Å². The molecule has 1 aliphatic heterocycles. The van der Waals surface area contributed by atoms with E-state index in [1.165, 1.54) is 12.1 Å². The van der Waals surface area contributed by atoms with Crippen molar-refractivity contribution in [3.05, 3.63) is 59.6 Å². The lowest BCUT2D eigenvalue weighted by Crippen LogP contribution is -2.41. The Morgan fingerprint density at radius 2 is 1.73 bits per heavy atom. The highest BCUT2D eigenvalue weighted by molar-refractivity contribution is 7.92. The van der Waals surface area contributed by atoms with Crippen LogP contribution in [0, 0.1) is 5.92 Å². The van der Waals surface area contributed by atoms with Crippen LogP contribution in [0.25, 0.3) is 0 Å². The highest BCUT2D eigenvalue weighted by Crippen LogP contribution is 2.25. The van der Waals surface area contributed by atoms with Gasteiger partial charge in [-0.1, -0.05) is 29.8 Å². The number of sulfonamides is 1. The van der Waals surface area contributed by atoms with E-state index in [-0.39, 0.29) is 17.3 Å². The van der Waals surface area contributed by atoms with Crippen LogP contribution in [0.15, 0.2) is 59.5 Å². The molecule has 1 fully saturated rings. The Morgan fingerprint density at radius 3 is 2.37 bits per heavy atom. The van der Waals surface area contributed by atoms with Crippen LogP contribution >= 0.6 is 11.6 Å². The zero-order valence-corrected chi connectivity index (χ0v) is 18.7. The monoisotopic (exact) mass is 449 g/mol. The molecule has 0 atom stereocenters. The third kappa shape index (κ3) is 5.97. The molecule has 162 valence electrons. The normalized spacial score (nSPS) is 15.7. The first-order valence-electron chi connectivity index (χ1n) is 10.1. The van der Waals surface area contributed by atoms with Crippen molar-refractivity contribution in [2.75, 3.05) is 37.5 Å². The summed E-state index contributed by atoms with van der Waals surface area (Å²) in [5.41, 5.74) is 0.397. The van der Waals surface area contributed by atoms with Gasteiger partial charge >= 0.3 is 0 Å². The number of nitrogens with one attached hydrogen (secondary N) is 1. The fraction of sp³-hybridized carbons (Fsp3) is 0.409. The van der Waals surface area contributed by atoms with Crippen LogP contribution < -0.4 is 9.62 Å². The molecule has 1 aliphatic rings. The van der Waals surface area contributed by atoms with Crippen molar-refractivity contribution < 1.29 is 13.2 Å².